The fourth-order valence-corrected chi connectivity index (χ4v) is 4.73. The Balaban J connectivity index is 1.51. The van der Waals surface area contributed by atoms with E-state index in [1.54, 1.807) is 12.1 Å². The van der Waals surface area contributed by atoms with Crippen LogP contribution in [-0.4, -0.2) is 53.1 Å². The van der Waals surface area contributed by atoms with Crippen LogP contribution < -0.4 is 5.63 Å². The van der Waals surface area contributed by atoms with Gasteiger partial charge in [-0.05, 0) is 25.2 Å². The number of benzene rings is 2. The molecule has 3 heterocycles. The largest absolute Gasteiger partial charge is 0.507 e. The summed E-state index contributed by atoms with van der Waals surface area (Å²) in [5, 5.41) is 13.8. The smallest absolute Gasteiger partial charge is 0.346 e. The summed E-state index contributed by atoms with van der Waals surface area (Å²) >= 11 is 1.42. The summed E-state index contributed by atoms with van der Waals surface area (Å²) in [5.74, 6) is 0.156. The molecule has 0 aliphatic carbocycles. The van der Waals surface area contributed by atoms with Crippen LogP contribution >= 0.6 is 11.3 Å². The van der Waals surface area contributed by atoms with E-state index in [9.17, 15) is 9.90 Å². The second-order valence-electron chi connectivity index (χ2n) is 7.91. The lowest BCUT2D eigenvalue weighted by molar-refractivity contribution is 0.147. The van der Waals surface area contributed by atoms with Crippen molar-refractivity contribution in [3.05, 3.63) is 69.9 Å². The fourth-order valence-electron chi connectivity index (χ4n) is 3.90. The number of piperazine rings is 1. The molecule has 0 radical (unpaired) electrons. The van der Waals surface area contributed by atoms with E-state index < -0.39 is 5.63 Å². The van der Waals surface area contributed by atoms with Crippen LogP contribution in [-0.2, 0) is 6.54 Å². The van der Waals surface area contributed by atoms with Gasteiger partial charge in [0, 0.05) is 49.1 Å². The standard InChI is InChI=1S/C24H23N3O3S/c1-26-9-11-27(12-10-26)14-19-21(28)8-7-17-13-18(24(29)30-22(17)19)23-25-20(15-31-23)16-5-3-2-4-6-16/h2-8,13,15,28H,9-12,14H2,1H3. The topological polar surface area (TPSA) is 69.8 Å². The van der Waals surface area contributed by atoms with Gasteiger partial charge in [-0.25, -0.2) is 9.78 Å². The lowest BCUT2D eigenvalue weighted by Gasteiger charge is -2.32. The predicted octanol–water partition coefficient (Wildman–Crippen LogP) is 4.04. The van der Waals surface area contributed by atoms with E-state index >= 15 is 0 Å². The van der Waals surface area contributed by atoms with Crippen LogP contribution in [0.3, 0.4) is 0 Å². The SMILES string of the molecule is CN1CCN(Cc2c(O)ccc3cc(-c4nc(-c5ccccc5)cs4)c(=O)oc23)CC1. The van der Waals surface area contributed by atoms with Gasteiger partial charge in [0.2, 0.25) is 0 Å². The molecule has 2 aromatic heterocycles. The maximum absolute atomic E-state index is 12.9. The van der Waals surface area contributed by atoms with E-state index in [-0.39, 0.29) is 5.75 Å². The highest BCUT2D eigenvalue weighted by Crippen LogP contribution is 2.32. The summed E-state index contributed by atoms with van der Waals surface area (Å²) in [6.45, 7) is 4.33. The number of phenolic OH excluding ortho intramolecular Hbond substituents is 1. The van der Waals surface area contributed by atoms with Gasteiger partial charge < -0.3 is 14.4 Å². The van der Waals surface area contributed by atoms with Gasteiger partial charge in [0.05, 0.1) is 16.8 Å². The maximum Gasteiger partial charge on any atom is 0.346 e. The van der Waals surface area contributed by atoms with Gasteiger partial charge >= 0.3 is 5.63 Å². The normalized spacial score (nSPS) is 15.5. The fraction of sp³-hybridized carbons (Fsp3) is 0.250. The molecule has 6 nitrogen and oxygen atoms in total. The number of phenols is 1. The number of hydrogen-bond donors (Lipinski definition) is 1. The van der Waals surface area contributed by atoms with Crippen LogP contribution in [0.15, 0.2) is 63.1 Å². The Bertz CT molecular complexity index is 1270. The molecule has 158 valence electrons. The van der Waals surface area contributed by atoms with Crippen molar-refractivity contribution >= 4 is 22.3 Å². The molecular weight excluding hydrogens is 410 g/mol. The first kappa shape index (κ1) is 19.9. The first-order valence-corrected chi connectivity index (χ1v) is 11.2. The molecule has 2 aromatic carbocycles. The van der Waals surface area contributed by atoms with Crippen LogP contribution in [0.25, 0.3) is 32.8 Å². The molecule has 1 N–H and O–H groups in total. The van der Waals surface area contributed by atoms with E-state index in [1.165, 1.54) is 11.3 Å². The zero-order chi connectivity index (χ0) is 21.4. The molecule has 0 bridgehead atoms. The van der Waals surface area contributed by atoms with Gasteiger partial charge in [0.25, 0.3) is 0 Å². The summed E-state index contributed by atoms with van der Waals surface area (Å²) in [6, 6.07) is 15.2. The van der Waals surface area contributed by atoms with Crippen molar-refractivity contribution in [3.63, 3.8) is 0 Å². The molecule has 1 saturated heterocycles. The van der Waals surface area contributed by atoms with E-state index in [0.29, 0.717) is 28.3 Å². The van der Waals surface area contributed by atoms with Crippen LogP contribution in [0, 0.1) is 0 Å². The molecule has 5 rings (SSSR count). The molecule has 0 unspecified atom stereocenters. The Morgan fingerprint density at radius 3 is 2.65 bits per heavy atom. The molecule has 0 saturated carbocycles. The Kier molecular flexibility index (Phi) is 5.31. The van der Waals surface area contributed by atoms with Gasteiger partial charge in [-0.2, -0.15) is 0 Å². The highest BCUT2D eigenvalue weighted by atomic mass is 32.1. The molecule has 0 spiro atoms. The van der Waals surface area contributed by atoms with Crippen LogP contribution in [0.2, 0.25) is 0 Å². The third kappa shape index (κ3) is 3.99. The molecule has 1 aliphatic rings. The van der Waals surface area contributed by atoms with Crippen molar-refractivity contribution in [2.24, 2.45) is 0 Å². The average molecular weight is 434 g/mol. The zero-order valence-corrected chi connectivity index (χ0v) is 18.1. The number of hydrogen-bond acceptors (Lipinski definition) is 7. The number of aromatic nitrogens is 1. The molecule has 4 aromatic rings. The number of fused-ring (bicyclic) bond motifs is 1. The van der Waals surface area contributed by atoms with Gasteiger partial charge in [-0.3, -0.25) is 4.90 Å². The Morgan fingerprint density at radius 1 is 1.10 bits per heavy atom. The van der Waals surface area contributed by atoms with Gasteiger partial charge in [-0.15, -0.1) is 11.3 Å². The summed E-state index contributed by atoms with van der Waals surface area (Å²) < 4.78 is 5.75. The number of aromatic hydroxyl groups is 1. The number of rotatable bonds is 4. The summed E-state index contributed by atoms with van der Waals surface area (Å²) in [4.78, 5) is 22.1. The van der Waals surface area contributed by atoms with Gasteiger partial charge in [0.15, 0.2) is 0 Å². The number of likely N-dealkylation sites (N-methyl/N-ethyl adjacent to an activating group) is 1. The second-order valence-corrected chi connectivity index (χ2v) is 8.77. The summed E-state index contributed by atoms with van der Waals surface area (Å²) in [7, 11) is 2.11. The molecule has 0 amide bonds. The van der Waals surface area contributed by atoms with Crippen LogP contribution in [0.1, 0.15) is 5.56 Å². The van der Waals surface area contributed by atoms with E-state index in [2.05, 4.69) is 21.8 Å². The second kappa shape index (κ2) is 8.26. The molecule has 1 aliphatic heterocycles. The predicted molar refractivity (Wildman–Crippen MR) is 123 cm³/mol. The Hall–Kier alpha value is -3.00. The number of nitrogens with zero attached hydrogens (tertiary/aromatic N) is 3. The number of thiazole rings is 1. The lowest BCUT2D eigenvalue weighted by atomic mass is 10.1. The Labute approximate surface area is 184 Å². The Morgan fingerprint density at radius 2 is 1.87 bits per heavy atom. The minimum Gasteiger partial charge on any atom is -0.507 e. The minimum absolute atomic E-state index is 0.156. The first-order chi connectivity index (χ1) is 15.1. The van der Waals surface area contributed by atoms with Crippen molar-refractivity contribution in [1.29, 1.82) is 0 Å². The highest BCUT2D eigenvalue weighted by Gasteiger charge is 2.20. The third-order valence-corrected chi connectivity index (χ3v) is 6.64. The minimum atomic E-state index is -0.438. The van der Waals surface area contributed by atoms with E-state index in [4.69, 9.17) is 4.42 Å². The van der Waals surface area contributed by atoms with Crippen LogP contribution in [0.4, 0.5) is 0 Å². The average Bonchev–Trinajstić information content (AvgIpc) is 3.28. The quantitative estimate of drug-likeness (QED) is 0.490. The molecule has 31 heavy (non-hydrogen) atoms. The highest BCUT2D eigenvalue weighted by molar-refractivity contribution is 7.13. The van der Waals surface area contributed by atoms with Crippen molar-refractivity contribution in [1.82, 2.24) is 14.8 Å². The van der Waals surface area contributed by atoms with Crippen molar-refractivity contribution in [3.8, 4) is 27.6 Å². The van der Waals surface area contributed by atoms with Crippen molar-refractivity contribution in [2.75, 3.05) is 33.2 Å². The molecular formula is C24H23N3O3S. The summed E-state index contributed by atoms with van der Waals surface area (Å²) in [5.41, 5.74) is 2.96. The molecule has 0 atom stereocenters. The zero-order valence-electron chi connectivity index (χ0n) is 17.2. The van der Waals surface area contributed by atoms with E-state index in [0.717, 1.165) is 42.8 Å². The van der Waals surface area contributed by atoms with Crippen LogP contribution in [0.5, 0.6) is 5.75 Å². The van der Waals surface area contributed by atoms with Crippen molar-refractivity contribution < 1.29 is 9.52 Å². The third-order valence-electron chi connectivity index (χ3n) is 5.76. The first-order valence-electron chi connectivity index (χ1n) is 10.3. The van der Waals surface area contributed by atoms with Crippen molar-refractivity contribution in [2.45, 2.75) is 6.54 Å². The lowest BCUT2D eigenvalue weighted by Crippen LogP contribution is -2.43. The maximum atomic E-state index is 12.9. The molecule has 1 fully saturated rings. The summed E-state index contributed by atoms with van der Waals surface area (Å²) in [6.07, 6.45) is 0. The van der Waals surface area contributed by atoms with Gasteiger partial charge in [-0.1, -0.05) is 30.3 Å². The van der Waals surface area contributed by atoms with E-state index in [1.807, 2.05) is 41.8 Å². The monoisotopic (exact) mass is 433 g/mol. The molecule has 7 heteroatoms. The van der Waals surface area contributed by atoms with Gasteiger partial charge in [0.1, 0.15) is 16.3 Å².